The van der Waals surface area contributed by atoms with Crippen LogP contribution in [0.15, 0.2) is 24.3 Å². The number of hydrogen-bond donors (Lipinski definition) is 2. The second-order valence-electron chi connectivity index (χ2n) is 4.01. The highest BCUT2D eigenvalue weighted by atomic mass is 16.4. The van der Waals surface area contributed by atoms with Gasteiger partial charge in [0.2, 0.25) is 0 Å². The minimum atomic E-state index is -0.915. The van der Waals surface area contributed by atoms with Gasteiger partial charge in [-0.05, 0) is 36.8 Å². The number of carboxylic acid groups (broad SMARTS) is 1. The zero-order valence-corrected chi connectivity index (χ0v) is 9.65. The average molecular weight is 221 g/mol. The predicted molar refractivity (Wildman–Crippen MR) is 64.4 cm³/mol. The number of carbonyl (C=O) groups is 1. The summed E-state index contributed by atoms with van der Waals surface area (Å²) in [4.78, 5) is 10.5. The van der Waals surface area contributed by atoms with Gasteiger partial charge in [-0.15, -0.1) is 0 Å². The van der Waals surface area contributed by atoms with E-state index in [2.05, 4.69) is 31.2 Å². The first kappa shape index (κ1) is 12.7. The molecular formula is C13H19NO2. The molecule has 1 unspecified atom stereocenters. The predicted octanol–water partition coefficient (Wildman–Crippen LogP) is 1.98. The number of nitrogens with two attached hydrogens (primary N) is 1. The van der Waals surface area contributed by atoms with Gasteiger partial charge in [-0.1, -0.05) is 31.2 Å². The van der Waals surface area contributed by atoms with Crippen LogP contribution in [0.25, 0.3) is 0 Å². The Morgan fingerprint density at radius 3 is 2.38 bits per heavy atom. The Morgan fingerprint density at radius 2 is 1.88 bits per heavy atom. The van der Waals surface area contributed by atoms with E-state index >= 15 is 0 Å². The molecule has 1 aromatic carbocycles. The number of hydrogen-bond acceptors (Lipinski definition) is 2. The van der Waals surface area contributed by atoms with Crippen LogP contribution < -0.4 is 5.73 Å². The van der Waals surface area contributed by atoms with Crippen LogP contribution in [0.2, 0.25) is 0 Å². The summed E-state index contributed by atoms with van der Waals surface area (Å²) in [7, 11) is 0. The first-order valence-corrected chi connectivity index (χ1v) is 5.69. The van der Waals surface area contributed by atoms with Gasteiger partial charge in [-0.25, -0.2) is 0 Å². The minimum absolute atomic E-state index is 0.533. The summed E-state index contributed by atoms with van der Waals surface area (Å²) in [5.41, 5.74) is 8.00. The van der Waals surface area contributed by atoms with Crippen LogP contribution in [0.4, 0.5) is 0 Å². The van der Waals surface area contributed by atoms with Crippen LogP contribution in [0, 0.1) is 0 Å². The fourth-order valence-electron chi connectivity index (χ4n) is 1.59. The topological polar surface area (TPSA) is 63.3 Å². The Bertz CT molecular complexity index is 332. The molecule has 0 aromatic heterocycles. The fourth-order valence-corrected chi connectivity index (χ4v) is 1.59. The lowest BCUT2D eigenvalue weighted by Crippen LogP contribution is -2.29. The van der Waals surface area contributed by atoms with E-state index in [1.807, 2.05) is 0 Å². The molecule has 3 nitrogen and oxygen atoms in total. The van der Waals surface area contributed by atoms with Crippen LogP contribution in [0.3, 0.4) is 0 Å². The molecule has 16 heavy (non-hydrogen) atoms. The van der Waals surface area contributed by atoms with Gasteiger partial charge in [0.25, 0.3) is 0 Å². The van der Waals surface area contributed by atoms with Crippen molar-refractivity contribution >= 4 is 5.97 Å². The molecular weight excluding hydrogens is 202 g/mol. The molecule has 3 N–H and O–H groups in total. The smallest absolute Gasteiger partial charge is 0.320 e. The van der Waals surface area contributed by atoms with Crippen molar-refractivity contribution in [3.8, 4) is 0 Å². The van der Waals surface area contributed by atoms with Gasteiger partial charge >= 0.3 is 5.97 Å². The van der Waals surface area contributed by atoms with Crippen molar-refractivity contribution in [3.05, 3.63) is 35.4 Å². The minimum Gasteiger partial charge on any atom is -0.480 e. The lowest BCUT2D eigenvalue weighted by Gasteiger charge is -2.06. The zero-order chi connectivity index (χ0) is 12.0. The lowest BCUT2D eigenvalue weighted by molar-refractivity contribution is -0.138. The third kappa shape index (κ3) is 4.03. The van der Waals surface area contributed by atoms with E-state index in [1.54, 1.807) is 0 Å². The molecule has 1 atom stereocenters. The normalized spacial score (nSPS) is 12.4. The summed E-state index contributed by atoms with van der Waals surface area (Å²) >= 11 is 0. The molecule has 1 aromatic rings. The van der Waals surface area contributed by atoms with Crippen LogP contribution in [0.1, 0.15) is 30.9 Å². The number of carboxylic acids is 1. The summed E-state index contributed by atoms with van der Waals surface area (Å²) < 4.78 is 0. The van der Waals surface area contributed by atoms with E-state index in [-0.39, 0.29) is 0 Å². The number of rotatable bonds is 6. The van der Waals surface area contributed by atoms with Crippen molar-refractivity contribution in [2.24, 2.45) is 5.73 Å². The lowest BCUT2D eigenvalue weighted by atomic mass is 10.0. The van der Waals surface area contributed by atoms with E-state index in [0.717, 1.165) is 19.3 Å². The highest BCUT2D eigenvalue weighted by molar-refractivity contribution is 5.72. The molecule has 3 heteroatoms. The number of aliphatic carboxylic acids is 1. The molecule has 0 spiro atoms. The molecule has 0 radical (unpaired) electrons. The third-order valence-electron chi connectivity index (χ3n) is 2.73. The highest BCUT2D eigenvalue weighted by Crippen LogP contribution is 2.09. The van der Waals surface area contributed by atoms with Crippen LogP contribution >= 0.6 is 0 Å². The van der Waals surface area contributed by atoms with Crippen molar-refractivity contribution in [2.45, 2.75) is 38.6 Å². The maximum absolute atomic E-state index is 10.5. The maximum Gasteiger partial charge on any atom is 0.320 e. The van der Waals surface area contributed by atoms with Gasteiger partial charge in [0.05, 0.1) is 0 Å². The molecule has 0 aliphatic carbocycles. The van der Waals surface area contributed by atoms with E-state index in [0.29, 0.717) is 6.42 Å². The van der Waals surface area contributed by atoms with Gasteiger partial charge in [0.15, 0.2) is 0 Å². The van der Waals surface area contributed by atoms with Crippen molar-refractivity contribution in [1.29, 1.82) is 0 Å². The quantitative estimate of drug-likeness (QED) is 0.772. The SMILES string of the molecule is CCc1ccc(CCCC(N)C(=O)O)cc1. The largest absolute Gasteiger partial charge is 0.480 e. The van der Waals surface area contributed by atoms with Crippen LogP contribution in [-0.4, -0.2) is 17.1 Å². The fraction of sp³-hybridized carbons (Fsp3) is 0.462. The molecule has 0 aliphatic rings. The summed E-state index contributed by atoms with van der Waals surface area (Å²) in [6, 6.07) is 7.71. The molecule has 0 saturated heterocycles. The van der Waals surface area contributed by atoms with E-state index in [9.17, 15) is 4.79 Å². The first-order chi connectivity index (χ1) is 7.63. The van der Waals surface area contributed by atoms with Gasteiger partial charge in [-0.3, -0.25) is 4.79 Å². The molecule has 0 heterocycles. The number of aryl methyl sites for hydroxylation is 2. The third-order valence-corrected chi connectivity index (χ3v) is 2.73. The Balaban J connectivity index is 2.34. The summed E-state index contributed by atoms with van der Waals surface area (Å²) in [6.45, 7) is 2.13. The molecule has 0 saturated carbocycles. The highest BCUT2D eigenvalue weighted by Gasteiger charge is 2.10. The monoisotopic (exact) mass is 221 g/mol. The van der Waals surface area contributed by atoms with Gasteiger partial charge in [-0.2, -0.15) is 0 Å². The van der Waals surface area contributed by atoms with E-state index in [4.69, 9.17) is 10.8 Å². The standard InChI is InChI=1S/C13H19NO2/c1-2-10-6-8-11(9-7-10)4-3-5-12(14)13(15)16/h6-9,12H,2-5,14H2,1H3,(H,15,16). The van der Waals surface area contributed by atoms with Gasteiger partial charge in [0.1, 0.15) is 6.04 Å². The Morgan fingerprint density at radius 1 is 1.31 bits per heavy atom. The van der Waals surface area contributed by atoms with Crippen molar-refractivity contribution in [1.82, 2.24) is 0 Å². The van der Waals surface area contributed by atoms with Crippen molar-refractivity contribution < 1.29 is 9.90 Å². The first-order valence-electron chi connectivity index (χ1n) is 5.69. The average Bonchev–Trinajstić information content (AvgIpc) is 2.29. The van der Waals surface area contributed by atoms with Crippen LogP contribution in [-0.2, 0) is 17.6 Å². The zero-order valence-electron chi connectivity index (χ0n) is 9.65. The second-order valence-corrected chi connectivity index (χ2v) is 4.01. The summed E-state index contributed by atoms with van der Waals surface area (Å²) in [5.74, 6) is -0.915. The summed E-state index contributed by atoms with van der Waals surface area (Å²) in [5, 5.41) is 8.62. The molecule has 0 aliphatic heterocycles. The Kier molecular flexibility index (Phi) is 4.99. The van der Waals surface area contributed by atoms with Crippen LogP contribution in [0.5, 0.6) is 0 Å². The Hall–Kier alpha value is -1.35. The van der Waals surface area contributed by atoms with Gasteiger partial charge < -0.3 is 10.8 Å². The number of benzene rings is 1. The molecule has 0 amide bonds. The maximum atomic E-state index is 10.5. The van der Waals surface area contributed by atoms with Crippen molar-refractivity contribution in [2.75, 3.05) is 0 Å². The van der Waals surface area contributed by atoms with Crippen molar-refractivity contribution in [3.63, 3.8) is 0 Å². The second kappa shape index (κ2) is 6.28. The molecule has 88 valence electrons. The van der Waals surface area contributed by atoms with Gasteiger partial charge in [0, 0.05) is 0 Å². The Labute approximate surface area is 96.3 Å². The van der Waals surface area contributed by atoms with E-state index < -0.39 is 12.0 Å². The molecule has 0 fully saturated rings. The van der Waals surface area contributed by atoms with E-state index in [1.165, 1.54) is 11.1 Å². The summed E-state index contributed by atoms with van der Waals surface area (Å²) in [6.07, 6.45) is 3.29. The molecule has 0 bridgehead atoms. The molecule has 1 rings (SSSR count).